The number of aromatic nitrogens is 2. The maximum atomic E-state index is 4.31. The van der Waals surface area contributed by atoms with Crippen LogP contribution >= 0.6 is 22.6 Å². The summed E-state index contributed by atoms with van der Waals surface area (Å²) < 4.78 is 1.20. The first-order valence-corrected chi connectivity index (χ1v) is 6.45. The highest BCUT2D eigenvalue weighted by Gasteiger charge is 2.06. The van der Waals surface area contributed by atoms with Gasteiger partial charge in [-0.3, -0.25) is 0 Å². The summed E-state index contributed by atoms with van der Waals surface area (Å²) in [6.45, 7) is 4.31. The predicted molar refractivity (Wildman–Crippen MR) is 75.6 cm³/mol. The summed E-state index contributed by atoms with van der Waals surface area (Å²) in [4.78, 5) is 8.57. The number of halogens is 1. The zero-order chi connectivity index (χ0) is 11.5. The van der Waals surface area contributed by atoms with Crippen LogP contribution in [0.4, 0.5) is 5.82 Å². The predicted octanol–water partition coefficient (Wildman–Crippen LogP) is 3.44. The third-order valence-corrected chi connectivity index (χ3v) is 3.26. The van der Waals surface area contributed by atoms with E-state index in [1.165, 1.54) is 3.57 Å². The monoisotopic (exact) mass is 327 g/mol. The molecule has 0 aliphatic heterocycles. The first-order chi connectivity index (χ1) is 7.70. The molecule has 0 spiro atoms. The highest BCUT2D eigenvalue weighted by atomic mass is 127. The molecule has 0 saturated heterocycles. The zero-order valence-corrected chi connectivity index (χ0v) is 11.5. The van der Waals surface area contributed by atoms with Gasteiger partial charge in [-0.1, -0.05) is 6.92 Å². The highest BCUT2D eigenvalue weighted by Crippen LogP contribution is 2.22. The van der Waals surface area contributed by atoms with E-state index in [9.17, 15) is 0 Å². The van der Waals surface area contributed by atoms with Crippen molar-refractivity contribution in [3.05, 3.63) is 28.1 Å². The van der Waals surface area contributed by atoms with Crippen LogP contribution in [0, 0.1) is 3.57 Å². The summed E-state index contributed by atoms with van der Waals surface area (Å²) in [5, 5.41) is 4.50. The number of benzene rings is 1. The highest BCUT2D eigenvalue weighted by molar-refractivity contribution is 14.1. The molecule has 84 valence electrons. The van der Waals surface area contributed by atoms with E-state index in [0.29, 0.717) is 6.04 Å². The van der Waals surface area contributed by atoms with Gasteiger partial charge in [0.05, 0.1) is 5.52 Å². The van der Waals surface area contributed by atoms with E-state index in [1.807, 2.05) is 6.07 Å². The molecule has 0 bridgehead atoms. The molecular formula is C12H14IN3. The molecule has 0 radical (unpaired) electrons. The van der Waals surface area contributed by atoms with Crippen molar-refractivity contribution in [1.82, 2.24) is 9.97 Å². The zero-order valence-electron chi connectivity index (χ0n) is 9.37. The molecule has 3 nitrogen and oxygen atoms in total. The lowest BCUT2D eigenvalue weighted by molar-refractivity contribution is 0.760. The topological polar surface area (TPSA) is 37.8 Å². The van der Waals surface area contributed by atoms with Crippen molar-refractivity contribution >= 4 is 39.3 Å². The lowest BCUT2D eigenvalue weighted by Crippen LogP contribution is -2.14. The van der Waals surface area contributed by atoms with Gasteiger partial charge in [-0.05, 0) is 54.1 Å². The van der Waals surface area contributed by atoms with Gasteiger partial charge in [0, 0.05) is 15.0 Å². The molecule has 1 aromatic heterocycles. The molecule has 0 fully saturated rings. The summed E-state index contributed by atoms with van der Waals surface area (Å²) in [6.07, 6.45) is 2.69. The van der Waals surface area contributed by atoms with E-state index >= 15 is 0 Å². The van der Waals surface area contributed by atoms with Gasteiger partial charge in [-0.15, -0.1) is 0 Å². The summed E-state index contributed by atoms with van der Waals surface area (Å²) in [6, 6.07) is 6.63. The van der Waals surface area contributed by atoms with Crippen LogP contribution in [0.25, 0.3) is 10.9 Å². The lowest BCUT2D eigenvalue weighted by Gasteiger charge is -2.13. The van der Waals surface area contributed by atoms with Gasteiger partial charge >= 0.3 is 0 Å². The molecule has 1 heterocycles. The average molecular weight is 327 g/mol. The van der Waals surface area contributed by atoms with Crippen LogP contribution in [0.2, 0.25) is 0 Å². The van der Waals surface area contributed by atoms with Gasteiger partial charge < -0.3 is 5.32 Å². The van der Waals surface area contributed by atoms with Gasteiger partial charge in [-0.25, -0.2) is 9.97 Å². The van der Waals surface area contributed by atoms with Crippen molar-refractivity contribution in [3.63, 3.8) is 0 Å². The second kappa shape index (κ2) is 4.95. The summed E-state index contributed by atoms with van der Waals surface area (Å²) >= 11 is 2.30. The Hall–Kier alpha value is -0.910. The third kappa shape index (κ3) is 2.42. The minimum absolute atomic E-state index is 0.427. The van der Waals surface area contributed by atoms with E-state index in [0.717, 1.165) is 23.1 Å². The Morgan fingerprint density at radius 2 is 2.19 bits per heavy atom. The SMILES string of the molecule is CCC(C)Nc1ncnc2ccc(I)cc12. The first kappa shape index (κ1) is 11.6. The number of anilines is 1. The Morgan fingerprint density at radius 3 is 2.94 bits per heavy atom. The number of nitrogens with one attached hydrogen (secondary N) is 1. The minimum atomic E-state index is 0.427. The Kier molecular flexibility index (Phi) is 3.58. The molecule has 4 heteroatoms. The van der Waals surface area contributed by atoms with Crippen molar-refractivity contribution in [2.45, 2.75) is 26.3 Å². The maximum absolute atomic E-state index is 4.31. The Morgan fingerprint density at radius 1 is 1.38 bits per heavy atom. The number of nitrogens with zero attached hydrogens (tertiary/aromatic N) is 2. The summed E-state index contributed by atoms with van der Waals surface area (Å²) in [5.74, 6) is 0.929. The molecule has 0 saturated carbocycles. The van der Waals surface area contributed by atoms with Crippen molar-refractivity contribution in [2.24, 2.45) is 0 Å². The number of hydrogen-bond acceptors (Lipinski definition) is 3. The second-order valence-electron chi connectivity index (χ2n) is 3.84. The fourth-order valence-corrected chi connectivity index (χ4v) is 1.97. The Labute approximate surface area is 109 Å². The second-order valence-corrected chi connectivity index (χ2v) is 5.08. The van der Waals surface area contributed by atoms with Gasteiger partial charge in [0.2, 0.25) is 0 Å². The first-order valence-electron chi connectivity index (χ1n) is 5.37. The van der Waals surface area contributed by atoms with E-state index in [2.05, 4.69) is 63.9 Å². The van der Waals surface area contributed by atoms with Crippen molar-refractivity contribution < 1.29 is 0 Å². The normalized spacial score (nSPS) is 12.7. The van der Waals surface area contributed by atoms with E-state index < -0.39 is 0 Å². The smallest absolute Gasteiger partial charge is 0.137 e. The van der Waals surface area contributed by atoms with Crippen LogP contribution < -0.4 is 5.32 Å². The number of hydrogen-bond donors (Lipinski definition) is 1. The van der Waals surface area contributed by atoms with Crippen LogP contribution in [0.15, 0.2) is 24.5 Å². The molecule has 16 heavy (non-hydrogen) atoms. The molecule has 1 atom stereocenters. The quantitative estimate of drug-likeness (QED) is 0.878. The standard InChI is InChI=1S/C12H14IN3/c1-3-8(2)16-12-10-6-9(13)4-5-11(10)14-7-15-12/h4-8H,3H2,1-2H3,(H,14,15,16). The molecule has 1 aromatic carbocycles. The van der Waals surface area contributed by atoms with Crippen molar-refractivity contribution in [3.8, 4) is 0 Å². The minimum Gasteiger partial charge on any atom is -0.367 e. The van der Waals surface area contributed by atoms with Crippen LogP contribution in [0.1, 0.15) is 20.3 Å². The Balaban J connectivity index is 2.47. The van der Waals surface area contributed by atoms with Crippen LogP contribution in [-0.4, -0.2) is 16.0 Å². The summed E-state index contributed by atoms with van der Waals surface area (Å²) in [7, 11) is 0. The van der Waals surface area contributed by atoms with Crippen molar-refractivity contribution in [2.75, 3.05) is 5.32 Å². The van der Waals surface area contributed by atoms with Crippen LogP contribution in [0.5, 0.6) is 0 Å². The molecular weight excluding hydrogens is 313 g/mol. The number of rotatable bonds is 3. The Bertz CT molecular complexity index is 499. The van der Waals surface area contributed by atoms with E-state index in [-0.39, 0.29) is 0 Å². The van der Waals surface area contributed by atoms with Gasteiger partial charge in [0.25, 0.3) is 0 Å². The van der Waals surface area contributed by atoms with Crippen molar-refractivity contribution in [1.29, 1.82) is 0 Å². The summed E-state index contributed by atoms with van der Waals surface area (Å²) in [5.41, 5.74) is 0.987. The molecule has 2 rings (SSSR count). The molecule has 1 N–H and O–H groups in total. The average Bonchev–Trinajstić information content (AvgIpc) is 2.29. The van der Waals surface area contributed by atoms with Crippen LogP contribution in [-0.2, 0) is 0 Å². The van der Waals surface area contributed by atoms with Crippen LogP contribution in [0.3, 0.4) is 0 Å². The molecule has 0 amide bonds. The van der Waals surface area contributed by atoms with Gasteiger partial charge in [0.1, 0.15) is 12.1 Å². The van der Waals surface area contributed by atoms with E-state index in [1.54, 1.807) is 6.33 Å². The van der Waals surface area contributed by atoms with Gasteiger partial charge in [0.15, 0.2) is 0 Å². The lowest BCUT2D eigenvalue weighted by atomic mass is 10.2. The van der Waals surface area contributed by atoms with Gasteiger partial charge in [-0.2, -0.15) is 0 Å². The fourth-order valence-electron chi connectivity index (χ4n) is 1.48. The van der Waals surface area contributed by atoms with E-state index in [4.69, 9.17) is 0 Å². The molecule has 0 aliphatic carbocycles. The number of fused-ring (bicyclic) bond motifs is 1. The molecule has 1 unspecified atom stereocenters. The molecule has 2 aromatic rings. The largest absolute Gasteiger partial charge is 0.367 e. The third-order valence-electron chi connectivity index (χ3n) is 2.59. The fraction of sp³-hybridized carbons (Fsp3) is 0.333. The maximum Gasteiger partial charge on any atom is 0.137 e. The molecule has 0 aliphatic rings.